The predicted molar refractivity (Wildman–Crippen MR) is 72.9 cm³/mol. The van der Waals surface area contributed by atoms with Crippen molar-refractivity contribution in [3.8, 4) is 0 Å². The van der Waals surface area contributed by atoms with Crippen molar-refractivity contribution in [3.63, 3.8) is 0 Å². The van der Waals surface area contributed by atoms with E-state index in [1.54, 1.807) is 0 Å². The van der Waals surface area contributed by atoms with Gasteiger partial charge in [-0.05, 0) is 43.4 Å². The van der Waals surface area contributed by atoms with Crippen LogP contribution in [0.5, 0.6) is 0 Å². The van der Waals surface area contributed by atoms with Gasteiger partial charge < -0.3 is 10.1 Å². The zero-order valence-electron chi connectivity index (χ0n) is 11.3. The Bertz CT molecular complexity index is 442. The predicted octanol–water partition coefficient (Wildman–Crippen LogP) is 3.38. The molecule has 1 N–H and O–H groups in total. The fourth-order valence-corrected chi connectivity index (χ4v) is 2.68. The Morgan fingerprint density at radius 2 is 2.17 bits per heavy atom. The van der Waals surface area contributed by atoms with Gasteiger partial charge in [-0.25, -0.2) is 4.79 Å². The van der Waals surface area contributed by atoms with Crippen LogP contribution in [0.15, 0.2) is 18.2 Å². The summed E-state index contributed by atoms with van der Waals surface area (Å²) in [6.45, 7) is 4.25. The molecular weight excluding hydrogens is 226 g/mol. The first-order valence-electron chi connectivity index (χ1n) is 6.58. The number of benzene rings is 1. The second-order valence-corrected chi connectivity index (χ2v) is 5.13. The maximum absolute atomic E-state index is 11.6. The van der Waals surface area contributed by atoms with Gasteiger partial charge in [0.15, 0.2) is 0 Å². The lowest BCUT2D eigenvalue weighted by molar-refractivity contribution is 0.0600. The molecular formula is C15H21NO2. The number of ether oxygens (including phenoxy) is 1. The van der Waals surface area contributed by atoms with Gasteiger partial charge in [0.2, 0.25) is 0 Å². The fourth-order valence-electron chi connectivity index (χ4n) is 2.68. The molecule has 0 saturated heterocycles. The van der Waals surface area contributed by atoms with E-state index in [4.69, 9.17) is 4.74 Å². The molecule has 3 nitrogen and oxygen atoms in total. The molecule has 2 unspecified atom stereocenters. The molecule has 1 aliphatic carbocycles. The molecule has 0 bridgehead atoms. The Kier molecular flexibility index (Phi) is 3.90. The van der Waals surface area contributed by atoms with Crippen LogP contribution in [0.25, 0.3) is 0 Å². The highest BCUT2D eigenvalue weighted by Gasteiger charge is 2.24. The van der Waals surface area contributed by atoms with Crippen LogP contribution in [0.3, 0.4) is 0 Å². The second kappa shape index (κ2) is 5.42. The number of rotatable bonds is 3. The molecule has 1 fully saturated rings. The minimum absolute atomic E-state index is 0.268. The van der Waals surface area contributed by atoms with Gasteiger partial charge in [-0.3, -0.25) is 0 Å². The number of carbonyl (C=O) groups is 1. The zero-order valence-corrected chi connectivity index (χ0v) is 11.3. The van der Waals surface area contributed by atoms with E-state index in [0.29, 0.717) is 17.5 Å². The van der Waals surface area contributed by atoms with Gasteiger partial charge in [0.25, 0.3) is 0 Å². The third kappa shape index (κ3) is 2.50. The highest BCUT2D eigenvalue weighted by Crippen LogP contribution is 2.29. The van der Waals surface area contributed by atoms with Crippen molar-refractivity contribution >= 4 is 11.7 Å². The Labute approximate surface area is 109 Å². The number of anilines is 1. The number of hydrogen-bond acceptors (Lipinski definition) is 3. The third-order valence-corrected chi connectivity index (χ3v) is 3.94. The van der Waals surface area contributed by atoms with Gasteiger partial charge in [-0.1, -0.05) is 19.4 Å². The monoisotopic (exact) mass is 247 g/mol. The lowest BCUT2D eigenvalue weighted by atomic mass is 10.0. The average Bonchev–Trinajstić information content (AvgIpc) is 2.77. The number of carbonyl (C=O) groups excluding carboxylic acids is 1. The van der Waals surface area contributed by atoms with Crippen molar-refractivity contribution in [1.29, 1.82) is 0 Å². The molecule has 0 heterocycles. The highest BCUT2D eigenvalue weighted by atomic mass is 16.5. The number of esters is 1. The first-order chi connectivity index (χ1) is 8.63. The van der Waals surface area contributed by atoms with Gasteiger partial charge in [0.1, 0.15) is 0 Å². The molecule has 0 aliphatic heterocycles. The largest absolute Gasteiger partial charge is 0.465 e. The van der Waals surface area contributed by atoms with E-state index in [2.05, 4.69) is 12.2 Å². The minimum Gasteiger partial charge on any atom is -0.465 e. The highest BCUT2D eigenvalue weighted by molar-refractivity contribution is 5.92. The van der Waals surface area contributed by atoms with Gasteiger partial charge in [0.05, 0.1) is 12.7 Å². The molecule has 1 aromatic carbocycles. The molecule has 18 heavy (non-hydrogen) atoms. The zero-order chi connectivity index (χ0) is 13.1. The van der Waals surface area contributed by atoms with Crippen LogP contribution >= 0.6 is 0 Å². The lowest BCUT2D eigenvalue weighted by Gasteiger charge is -2.21. The fraction of sp³-hybridized carbons (Fsp3) is 0.533. The Morgan fingerprint density at radius 1 is 1.39 bits per heavy atom. The Balaban J connectivity index is 2.20. The van der Waals surface area contributed by atoms with Crippen LogP contribution in [-0.4, -0.2) is 19.1 Å². The van der Waals surface area contributed by atoms with Gasteiger partial charge in [0, 0.05) is 11.7 Å². The molecule has 2 atom stereocenters. The molecule has 1 aromatic rings. The minimum atomic E-state index is -0.268. The Morgan fingerprint density at radius 3 is 2.78 bits per heavy atom. The number of nitrogens with one attached hydrogen (secondary N) is 1. The maximum atomic E-state index is 11.6. The van der Waals surface area contributed by atoms with Crippen LogP contribution in [-0.2, 0) is 4.74 Å². The summed E-state index contributed by atoms with van der Waals surface area (Å²) in [4.78, 5) is 11.6. The van der Waals surface area contributed by atoms with Crippen molar-refractivity contribution < 1.29 is 9.53 Å². The van der Waals surface area contributed by atoms with E-state index < -0.39 is 0 Å². The summed E-state index contributed by atoms with van der Waals surface area (Å²) < 4.78 is 4.80. The molecule has 1 saturated carbocycles. The van der Waals surface area contributed by atoms with Crippen molar-refractivity contribution in [2.24, 2.45) is 5.92 Å². The van der Waals surface area contributed by atoms with Gasteiger partial charge in [-0.2, -0.15) is 0 Å². The summed E-state index contributed by atoms with van der Waals surface area (Å²) in [6, 6.07) is 6.27. The molecule has 0 amide bonds. The summed E-state index contributed by atoms with van der Waals surface area (Å²) in [5, 5.41) is 3.57. The first kappa shape index (κ1) is 12.9. The second-order valence-electron chi connectivity index (χ2n) is 5.13. The number of hydrogen-bond donors (Lipinski definition) is 1. The van der Waals surface area contributed by atoms with Crippen LogP contribution in [0, 0.1) is 12.8 Å². The quantitative estimate of drug-likeness (QED) is 0.832. The molecule has 0 radical (unpaired) electrons. The van der Waals surface area contributed by atoms with Crippen molar-refractivity contribution in [2.45, 2.75) is 39.2 Å². The van der Waals surface area contributed by atoms with E-state index in [1.807, 2.05) is 25.1 Å². The summed E-state index contributed by atoms with van der Waals surface area (Å²) >= 11 is 0. The molecule has 98 valence electrons. The SMILES string of the molecule is COC(=O)c1cccc(NC2CCCC2C)c1C. The standard InChI is InChI=1S/C15H21NO2/c1-10-6-4-8-13(10)16-14-9-5-7-12(11(14)2)15(17)18-3/h5,7,9-10,13,16H,4,6,8H2,1-3H3. The smallest absolute Gasteiger partial charge is 0.338 e. The van der Waals surface area contributed by atoms with Gasteiger partial charge >= 0.3 is 5.97 Å². The molecule has 3 heteroatoms. The molecule has 1 aliphatic rings. The molecule has 0 aromatic heterocycles. The Hall–Kier alpha value is -1.51. The van der Waals surface area contributed by atoms with Crippen LogP contribution in [0.2, 0.25) is 0 Å². The van der Waals surface area contributed by atoms with Crippen LogP contribution in [0.4, 0.5) is 5.69 Å². The summed E-state index contributed by atoms with van der Waals surface area (Å²) in [5.41, 5.74) is 2.67. The van der Waals surface area contributed by atoms with Crippen molar-refractivity contribution in [2.75, 3.05) is 12.4 Å². The van der Waals surface area contributed by atoms with E-state index in [0.717, 1.165) is 11.3 Å². The van der Waals surface area contributed by atoms with Crippen LogP contribution in [0.1, 0.15) is 42.1 Å². The average molecular weight is 247 g/mol. The van der Waals surface area contributed by atoms with Gasteiger partial charge in [-0.15, -0.1) is 0 Å². The maximum Gasteiger partial charge on any atom is 0.338 e. The van der Waals surface area contributed by atoms with E-state index in [9.17, 15) is 4.79 Å². The van der Waals surface area contributed by atoms with Crippen molar-refractivity contribution in [1.82, 2.24) is 0 Å². The summed E-state index contributed by atoms with van der Waals surface area (Å²) in [5.74, 6) is 0.432. The topological polar surface area (TPSA) is 38.3 Å². The van der Waals surface area contributed by atoms with Crippen LogP contribution < -0.4 is 5.32 Å². The van der Waals surface area contributed by atoms with E-state index >= 15 is 0 Å². The summed E-state index contributed by atoms with van der Waals surface area (Å²) in [7, 11) is 1.42. The third-order valence-electron chi connectivity index (χ3n) is 3.94. The lowest BCUT2D eigenvalue weighted by Crippen LogP contribution is -2.22. The van der Waals surface area contributed by atoms with E-state index in [1.165, 1.54) is 26.4 Å². The van der Waals surface area contributed by atoms with Crippen molar-refractivity contribution in [3.05, 3.63) is 29.3 Å². The normalized spacial score (nSPS) is 22.8. The molecule has 0 spiro atoms. The van der Waals surface area contributed by atoms with E-state index in [-0.39, 0.29) is 5.97 Å². The summed E-state index contributed by atoms with van der Waals surface area (Å²) in [6.07, 6.45) is 3.78. The number of methoxy groups -OCH3 is 1. The molecule has 2 rings (SSSR count). The first-order valence-corrected chi connectivity index (χ1v) is 6.58.